The number of hydrogen-bond acceptors (Lipinski definition) is 6. The largest absolute Gasteiger partial charge is 0.394 e. The minimum absolute atomic E-state index is 0.0307. The number of aliphatic hydroxyl groups is 3. The average Bonchev–Trinajstić information content (AvgIpc) is 2.54. The molecule has 0 aromatic carbocycles. The van der Waals surface area contributed by atoms with Gasteiger partial charge in [-0.3, -0.25) is 19.8 Å². The van der Waals surface area contributed by atoms with Crippen molar-refractivity contribution < 1.29 is 24.9 Å². The third kappa shape index (κ3) is 2.22. The summed E-state index contributed by atoms with van der Waals surface area (Å²) in [7, 11) is 1.37. The molecule has 16 heavy (non-hydrogen) atoms. The monoisotopic (exact) mass is 232 g/mol. The molecule has 0 saturated carbocycles. The minimum atomic E-state index is -1.34. The van der Waals surface area contributed by atoms with E-state index in [9.17, 15) is 9.59 Å². The predicted octanol–water partition coefficient (Wildman–Crippen LogP) is -2.95. The number of hydrogen-bond donors (Lipinski definition) is 4. The molecule has 7 heteroatoms. The molecule has 1 saturated heterocycles. The van der Waals surface area contributed by atoms with Crippen molar-refractivity contribution in [3.05, 3.63) is 0 Å². The lowest BCUT2D eigenvalue weighted by atomic mass is 10.0. The smallest absolute Gasteiger partial charge is 0.246 e. The third-order valence-corrected chi connectivity index (χ3v) is 2.77. The van der Waals surface area contributed by atoms with Gasteiger partial charge in [0.05, 0.1) is 37.8 Å². The number of imide groups is 1. The van der Waals surface area contributed by atoms with Gasteiger partial charge in [-0.1, -0.05) is 0 Å². The number of likely N-dealkylation sites (N-methyl/N-ethyl adjacent to an activating group) is 1. The van der Waals surface area contributed by atoms with Crippen LogP contribution < -0.4 is 5.32 Å². The van der Waals surface area contributed by atoms with E-state index >= 15 is 0 Å². The molecule has 0 aromatic heterocycles. The van der Waals surface area contributed by atoms with Crippen molar-refractivity contribution in [1.82, 2.24) is 10.2 Å². The van der Waals surface area contributed by atoms with Crippen LogP contribution in [0, 0.1) is 0 Å². The molecule has 0 bridgehead atoms. The maximum absolute atomic E-state index is 11.5. The van der Waals surface area contributed by atoms with Gasteiger partial charge in [-0.15, -0.1) is 0 Å². The standard InChI is InChI=1S/C9H16N2O5/c1-11-7(15)2-6(8(11)16)10-9(3-12,4-13)5-14/h6,10,12-14H,2-5H2,1H3. The van der Waals surface area contributed by atoms with Gasteiger partial charge in [0.1, 0.15) is 0 Å². The molecule has 92 valence electrons. The zero-order valence-electron chi connectivity index (χ0n) is 9.01. The van der Waals surface area contributed by atoms with Crippen LogP contribution in [-0.4, -0.2) is 70.5 Å². The molecule has 1 fully saturated rings. The molecule has 4 N–H and O–H groups in total. The van der Waals surface area contributed by atoms with Gasteiger partial charge < -0.3 is 15.3 Å². The number of nitrogens with zero attached hydrogens (tertiary/aromatic N) is 1. The van der Waals surface area contributed by atoms with Crippen LogP contribution in [0.4, 0.5) is 0 Å². The fourth-order valence-corrected chi connectivity index (χ4v) is 1.52. The zero-order valence-corrected chi connectivity index (χ0v) is 9.01. The maximum atomic E-state index is 11.5. The fourth-order valence-electron chi connectivity index (χ4n) is 1.52. The molecule has 0 aromatic rings. The summed E-state index contributed by atoms with van der Waals surface area (Å²) in [4.78, 5) is 23.7. The molecule has 0 spiro atoms. The van der Waals surface area contributed by atoms with Gasteiger partial charge in [-0.2, -0.15) is 0 Å². The Bertz CT molecular complexity index is 281. The fraction of sp³-hybridized carbons (Fsp3) is 0.778. The van der Waals surface area contributed by atoms with Crippen molar-refractivity contribution in [3.8, 4) is 0 Å². The Kier molecular flexibility index (Phi) is 3.98. The highest BCUT2D eigenvalue weighted by Gasteiger charge is 2.41. The second kappa shape index (κ2) is 4.88. The first-order valence-corrected chi connectivity index (χ1v) is 4.90. The van der Waals surface area contributed by atoms with Crippen LogP contribution in [0.1, 0.15) is 6.42 Å². The van der Waals surface area contributed by atoms with Crippen molar-refractivity contribution in [2.45, 2.75) is 18.0 Å². The molecule has 1 rings (SSSR count). The number of amides is 2. The van der Waals surface area contributed by atoms with Crippen molar-refractivity contribution in [3.63, 3.8) is 0 Å². The van der Waals surface area contributed by atoms with Gasteiger partial charge >= 0.3 is 0 Å². The first-order chi connectivity index (χ1) is 7.49. The molecule has 1 heterocycles. The van der Waals surface area contributed by atoms with E-state index in [-0.39, 0.29) is 12.3 Å². The van der Waals surface area contributed by atoms with Crippen LogP contribution >= 0.6 is 0 Å². The van der Waals surface area contributed by atoms with E-state index in [2.05, 4.69) is 5.32 Å². The first kappa shape index (κ1) is 13.0. The minimum Gasteiger partial charge on any atom is -0.394 e. The quantitative estimate of drug-likeness (QED) is 0.377. The van der Waals surface area contributed by atoms with E-state index in [4.69, 9.17) is 15.3 Å². The molecule has 0 radical (unpaired) electrons. The van der Waals surface area contributed by atoms with E-state index in [1.165, 1.54) is 7.05 Å². The van der Waals surface area contributed by atoms with Crippen LogP contribution in [0.15, 0.2) is 0 Å². The molecule has 0 aliphatic carbocycles. The highest BCUT2D eigenvalue weighted by molar-refractivity contribution is 6.05. The van der Waals surface area contributed by atoms with Crippen LogP contribution in [0.3, 0.4) is 0 Å². The number of carbonyl (C=O) groups is 2. The normalized spacial score (nSPS) is 22.0. The number of nitrogens with one attached hydrogen (secondary N) is 1. The molecule has 1 aliphatic rings. The SMILES string of the molecule is CN1C(=O)CC(NC(CO)(CO)CO)C1=O. The van der Waals surface area contributed by atoms with Gasteiger partial charge in [0, 0.05) is 7.05 Å². The summed E-state index contributed by atoms with van der Waals surface area (Å²) in [6, 6.07) is -0.802. The summed E-state index contributed by atoms with van der Waals surface area (Å²) in [6.07, 6.45) is -0.0307. The maximum Gasteiger partial charge on any atom is 0.246 e. The molecular weight excluding hydrogens is 216 g/mol. The first-order valence-electron chi connectivity index (χ1n) is 4.90. The third-order valence-electron chi connectivity index (χ3n) is 2.77. The van der Waals surface area contributed by atoms with Gasteiger partial charge in [0.25, 0.3) is 0 Å². The topological polar surface area (TPSA) is 110 Å². The van der Waals surface area contributed by atoms with Crippen molar-refractivity contribution in [2.75, 3.05) is 26.9 Å². The van der Waals surface area contributed by atoms with Crippen molar-refractivity contribution in [1.29, 1.82) is 0 Å². The highest BCUT2D eigenvalue weighted by atomic mass is 16.3. The van der Waals surface area contributed by atoms with E-state index in [0.717, 1.165) is 4.90 Å². The lowest BCUT2D eigenvalue weighted by Crippen LogP contribution is -2.59. The second-order valence-electron chi connectivity index (χ2n) is 3.95. The Labute approximate surface area is 92.7 Å². The molecule has 7 nitrogen and oxygen atoms in total. The van der Waals surface area contributed by atoms with Gasteiger partial charge in [0.2, 0.25) is 11.8 Å². The summed E-state index contributed by atoms with van der Waals surface area (Å²) in [5.41, 5.74) is -1.34. The highest BCUT2D eigenvalue weighted by Crippen LogP contribution is 2.14. The molecule has 1 unspecified atom stereocenters. The van der Waals surface area contributed by atoms with Gasteiger partial charge in [-0.25, -0.2) is 0 Å². The molecule has 1 aliphatic heterocycles. The summed E-state index contributed by atoms with van der Waals surface area (Å²) < 4.78 is 0. The Morgan fingerprint density at radius 1 is 1.31 bits per heavy atom. The van der Waals surface area contributed by atoms with Crippen LogP contribution in [0.5, 0.6) is 0 Å². The number of likely N-dealkylation sites (tertiary alicyclic amines) is 1. The van der Waals surface area contributed by atoms with E-state index in [0.29, 0.717) is 0 Å². The van der Waals surface area contributed by atoms with Crippen LogP contribution in [0.25, 0.3) is 0 Å². The van der Waals surface area contributed by atoms with Crippen molar-refractivity contribution >= 4 is 11.8 Å². The van der Waals surface area contributed by atoms with E-state index in [1.807, 2.05) is 0 Å². The average molecular weight is 232 g/mol. The molecule has 2 amide bonds. The zero-order chi connectivity index (χ0) is 12.3. The van der Waals surface area contributed by atoms with Crippen LogP contribution in [0.2, 0.25) is 0 Å². The molecule has 1 atom stereocenters. The summed E-state index contributed by atoms with van der Waals surface area (Å²) in [5, 5.41) is 29.8. The number of rotatable bonds is 5. The van der Waals surface area contributed by atoms with Gasteiger partial charge in [0.15, 0.2) is 0 Å². The Hall–Kier alpha value is -1.02. The van der Waals surface area contributed by atoms with Crippen molar-refractivity contribution in [2.24, 2.45) is 0 Å². The van der Waals surface area contributed by atoms with E-state index < -0.39 is 37.3 Å². The Morgan fingerprint density at radius 3 is 2.12 bits per heavy atom. The lowest BCUT2D eigenvalue weighted by molar-refractivity contribution is -0.137. The predicted molar refractivity (Wildman–Crippen MR) is 53.3 cm³/mol. The van der Waals surface area contributed by atoms with E-state index in [1.54, 1.807) is 0 Å². The number of aliphatic hydroxyl groups excluding tert-OH is 3. The number of carbonyl (C=O) groups excluding carboxylic acids is 2. The molecular formula is C9H16N2O5. The Morgan fingerprint density at radius 2 is 1.81 bits per heavy atom. The Balaban J connectivity index is 2.74. The van der Waals surface area contributed by atoms with Gasteiger partial charge in [-0.05, 0) is 0 Å². The van der Waals surface area contributed by atoms with Crippen LogP contribution in [-0.2, 0) is 9.59 Å². The second-order valence-corrected chi connectivity index (χ2v) is 3.95. The summed E-state index contributed by atoms with van der Waals surface area (Å²) in [6.45, 7) is -1.58. The lowest BCUT2D eigenvalue weighted by Gasteiger charge is -2.31. The summed E-state index contributed by atoms with van der Waals surface area (Å²) >= 11 is 0. The summed E-state index contributed by atoms with van der Waals surface area (Å²) in [5.74, 6) is -0.755.